The monoisotopic (exact) mass is 308 g/mol. The molecule has 0 aliphatic rings. The predicted octanol–water partition coefficient (Wildman–Crippen LogP) is 4.29. The van der Waals surface area contributed by atoms with Gasteiger partial charge in [-0.3, -0.25) is 10.1 Å². The van der Waals surface area contributed by atoms with E-state index in [1.54, 1.807) is 12.1 Å². The van der Waals surface area contributed by atoms with E-state index in [0.717, 1.165) is 11.3 Å². The first kappa shape index (κ1) is 14.5. The maximum absolute atomic E-state index is 12.1. The summed E-state index contributed by atoms with van der Waals surface area (Å²) >= 11 is 1.51. The second kappa shape index (κ2) is 6.54. The molecule has 3 rings (SSSR count). The number of hydrogen-bond acceptors (Lipinski definition) is 3. The molecule has 0 unspecified atom stereocenters. The van der Waals surface area contributed by atoms with Crippen LogP contribution in [-0.2, 0) is 6.42 Å². The van der Waals surface area contributed by atoms with Crippen LogP contribution in [0.25, 0.3) is 0 Å². The molecular formula is C18H16N2OS. The molecule has 0 saturated heterocycles. The van der Waals surface area contributed by atoms with Gasteiger partial charge in [0.05, 0.1) is 0 Å². The van der Waals surface area contributed by atoms with Gasteiger partial charge in [0.2, 0.25) is 0 Å². The number of amides is 1. The molecule has 0 spiro atoms. The fourth-order valence-electron chi connectivity index (χ4n) is 2.23. The Balaban J connectivity index is 1.68. The highest BCUT2D eigenvalue weighted by atomic mass is 32.1. The Morgan fingerprint density at radius 3 is 2.73 bits per heavy atom. The number of anilines is 1. The number of nitrogens with one attached hydrogen (secondary N) is 1. The first-order valence-corrected chi connectivity index (χ1v) is 7.89. The van der Waals surface area contributed by atoms with E-state index in [0.29, 0.717) is 10.7 Å². The summed E-state index contributed by atoms with van der Waals surface area (Å²) in [6, 6.07) is 17.6. The van der Waals surface area contributed by atoms with E-state index in [9.17, 15) is 4.79 Å². The van der Waals surface area contributed by atoms with Crippen molar-refractivity contribution >= 4 is 22.4 Å². The SMILES string of the molecule is Cc1cccc(Cc2cnc(NC(=O)c3ccccc3)s2)c1. The van der Waals surface area contributed by atoms with Crippen LogP contribution in [0.2, 0.25) is 0 Å². The maximum atomic E-state index is 12.1. The van der Waals surface area contributed by atoms with Gasteiger partial charge in [0, 0.05) is 23.1 Å². The van der Waals surface area contributed by atoms with Crippen molar-refractivity contribution in [2.24, 2.45) is 0 Å². The molecule has 0 bridgehead atoms. The van der Waals surface area contributed by atoms with Crippen LogP contribution in [0.15, 0.2) is 60.8 Å². The summed E-state index contributed by atoms with van der Waals surface area (Å²) in [4.78, 5) is 17.5. The van der Waals surface area contributed by atoms with E-state index in [-0.39, 0.29) is 5.91 Å². The Morgan fingerprint density at radius 2 is 1.95 bits per heavy atom. The van der Waals surface area contributed by atoms with E-state index in [2.05, 4.69) is 41.5 Å². The van der Waals surface area contributed by atoms with Crippen LogP contribution < -0.4 is 5.32 Å². The van der Waals surface area contributed by atoms with Crippen molar-refractivity contribution in [1.82, 2.24) is 4.98 Å². The molecule has 0 aliphatic heterocycles. The molecule has 0 fully saturated rings. The van der Waals surface area contributed by atoms with Gasteiger partial charge in [-0.05, 0) is 24.6 Å². The zero-order chi connectivity index (χ0) is 15.4. The van der Waals surface area contributed by atoms with Crippen molar-refractivity contribution in [3.63, 3.8) is 0 Å². The summed E-state index contributed by atoms with van der Waals surface area (Å²) in [6.07, 6.45) is 2.66. The average molecular weight is 308 g/mol. The third kappa shape index (κ3) is 3.59. The minimum absolute atomic E-state index is 0.128. The number of rotatable bonds is 4. The minimum Gasteiger partial charge on any atom is -0.298 e. The molecule has 22 heavy (non-hydrogen) atoms. The number of benzene rings is 2. The van der Waals surface area contributed by atoms with Crippen molar-refractivity contribution in [2.75, 3.05) is 5.32 Å². The zero-order valence-corrected chi connectivity index (χ0v) is 13.1. The lowest BCUT2D eigenvalue weighted by Crippen LogP contribution is -2.11. The Morgan fingerprint density at radius 1 is 1.14 bits per heavy atom. The van der Waals surface area contributed by atoms with Crippen LogP contribution in [-0.4, -0.2) is 10.9 Å². The molecule has 4 heteroatoms. The summed E-state index contributed by atoms with van der Waals surface area (Å²) in [5, 5.41) is 3.48. The summed E-state index contributed by atoms with van der Waals surface area (Å²) in [7, 11) is 0. The van der Waals surface area contributed by atoms with Crippen molar-refractivity contribution in [2.45, 2.75) is 13.3 Å². The molecule has 1 amide bonds. The van der Waals surface area contributed by atoms with Gasteiger partial charge in [-0.25, -0.2) is 4.98 Å². The molecule has 0 atom stereocenters. The molecule has 1 N–H and O–H groups in total. The largest absolute Gasteiger partial charge is 0.298 e. The van der Waals surface area contributed by atoms with Crippen molar-refractivity contribution in [3.05, 3.63) is 82.4 Å². The standard InChI is InChI=1S/C18H16N2OS/c1-13-6-5-7-14(10-13)11-16-12-19-18(22-16)20-17(21)15-8-3-2-4-9-15/h2-10,12H,11H2,1H3,(H,19,20,21). The lowest BCUT2D eigenvalue weighted by Gasteiger charge is -2.01. The molecule has 3 aromatic rings. The van der Waals surface area contributed by atoms with Gasteiger partial charge in [-0.1, -0.05) is 48.0 Å². The third-order valence-corrected chi connectivity index (χ3v) is 4.18. The topological polar surface area (TPSA) is 42.0 Å². The minimum atomic E-state index is -0.128. The van der Waals surface area contributed by atoms with Crippen LogP contribution in [0.5, 0.6) is 0 Å². The van der Waals surface area contributed by atoms with Gasteiger partial charge < -0.3 is 0 Å². The summed E-state index contributed by atoms with van der Waals surface area (Å²) in [6.45, 7) is 2.09. The van der Waals surface area contributed by atoms with E-state index in [1.807, 2.05) is 24.4 Å². The van der Waals surface area contributed by atoms with Gasteiger partial charge >= 0.3 is 0 Å². The summed E-state index contributed by atoms with van der Waals surface area (Å²) in [5.41, 5.74) is 3.14. The highest BCUT2D eigenvalue weighted by molar-refractivity contribution is 7.15. The lowest BCUT2D eigenvalue weighted by atomic mass is 10.1. The molecule has 0 saturated carbocycles. The van der Waals surface area contributed by atoms with E-state index >= 15 is 0 Å². The number of aromatic nitrogens is 1. The van der Waals surface area contributed by atoms with Crippen molar-refractivity contribution in [1.29, 1.82) is 0 Å². The highest BCUT2D eigenvalue weighted by Gasteiger charge is 2.09. The Hall–Kier alpha value is -2.46. The van der Waals surface area contributed by atoms with Crippen molar-refractivity contribution in [3.8, 4) is 0 Å². The number of carbonyl (C=O) groups excluding carboxylic acids is 1. The van der Waals surface area contributed by atoms with E-state index in [1.165, 1.54) is 22.5 Å². The van der Waals surface area contributed by atoms with Crippen LogP contribution in [0.3, 0.4) is 0 Å². The summed E-state index contributed by atoms with van der Waals surface area (Å²) < 4.78 is 0. The van der Waals surface area contributed by atoms with Crippen LogP contribution >= 0.6 is 11.3 Å². The zero-order valence-electron chi connectivity index (χ0n) is 12.2. The van der Waals surface area contributed by atoms with Crippen molar-refractivity contribution < 1.29 is 4.79 Å². The van der Waals surface area contributed by atoms with Gasteiger partial charge in [0.1, 0.15) is 0 Å². The fraction of sp³-hybridized carbons (Fsp3) is 0.111. The first-order chi connectivity index (χ1) is 10.7. The summed E-state index contributed by atoms with van der Waals surface area (Å²) in [5.74, 6) is -0.128. The molecule has 3 nitrogen and oxygen atoms in total. The average Bonchev–Trinajstić information content (AvgIpc) is 2.95. The van der Waals surface area contributed by atoms with Crippen LogP contribution in [0.1, 0.15) is 26.4 Å². The molecule has 110 valence electrons. The maximum Gasteiger partial charge on any atom is 0.257 e. The lowest BCUT2D eigenvalue weighted by molar-refractivity contribution is 0.102. The number of aryl methyl sites for hydroxylation is 1. The number of hydrogen-bond donors (Lipinski definition) is 1. The Kier molecular flexibility index (Phi) is 4.30. The van der Waals surface area contributed by atoms with Gasteiger partial charge in [0.15, 0.2) is 5.13 Å². The second-order valence-corrected chi connectivity index (χ2v) is 6.23. The number of carbonyl (C=O) groups is 1. The predicted molar refractivity (Wildman–Crippen MR) is 90.5 cm³/mol. The molecule has 1 heterocycles. The molecule has 0 aliphatic carbocycles. The van der Waals surface area contributed by atoms with Crippen LogP contribution in [0.4, 0.5) is 5.13 Å². The molecule has 0 radical (unpaired) electrons. The number of nitrogens with zero attached hydrogens (tertiary/aromatic N) is 1. The Bertz CT molecular complexity index is 781. The fourth-order valence-corrected chi connectivity index (χ4v) is 3.07. The van der Waals surface area contributed by atoms with Crippen LogP contribution in [0, 0.1) is 6.92 Å². The highest BCUT2D eigenvalue weighted by Crippen LogP contribution is 2.22. The quantitative estimate of drug-likeness (QED) is 0.781. The third-order valence-electron chi connectivity index (χ3n) is 3.27. The van der Waals surface area contributed by atoms with Gasteiger partial charge in [-0.15, -0.1) is 11.3 Å². The molecule has 2 aromatic carbocycles. The second-order valence-electron chi connectivity index (χ2n) is 5.12. The van der Waals surface area contributed by atoms with E-state index in [4.69, 9.17) is 0 Å². The van der Waals surface area contributed by atoms with E-state index < -0.39 is 0 Å². The smallest absolute Gasteiger partial charge is 0.257 e. The normalized spacial score (nSPS) is 10.4. The number of thiazole rings is 1. The van der Waals surface area contributed by atoms with Gasteiger partial charge in [0.25, 0.3) is 5.91 Å². The Labute approximate surface area is 133 Å². The molecular weight excluding hydrogens is 292 g/mol. The molecule has 1 aromatic heterocycles. The van der Waals surface area contributed by atoms with Gasteiger partial charge in [-0.2, -0.15) is 0 Å². The first-order valence-electron chi connectivity index (χ1n) is 7.07.